The Morgan fingerprint density at radius 3 is 2.58 bits per heavy atom. The highest BCUT2D eigenvalue weighted by Crippen LogP contribution is 2.26. The third-order valence-electron chi connectivity index (χ3n) is 4.52. The Labute approximate surface area is 181 Å². The normalized spacial score (nSPS) is 10.8. The largest absolute Gasteiger partial charge is 0.460 e. The second-order valence-corrected chi connectivity index (χ2v) is 6.85. The molecule has 31 heavy (non-hydrogen) atoms. The van der Waals surface area contributed by atoms with Gasteiger partial charge in [0.15, 0.2) is 5.82 Å². The van der Waals surface area contributed by atoms with Gasteiger partial charge in [-0.3, -0.25) is 4.79 Å². The number of benzene rings is 2. The minimum atomic E-state index is -0.406. The van der Waals surface area contributed by atoms with Crippen molar-refractivity contribution in [3.05, 3.63) is 54.3 Å². The maximum atomic E-state index is 14.5. The van der Waals surface area contributed by atoms with Crippen LogP contribution in [0.2, 0.25) is 0 Å². The first-order valence-corrected chi connectivity index (χ1v) is 10.4. The van der Waals surface area contributed by atoms with Crippen LogP contribution in [0, 0.1) is 5.82 Å². The van der Waals surface area contributed by atoms with Gasteiger partial charge in [-0.15, -0.1) is 5.10 Å². The first-order chi connectivity index (χ1) is 15.1. The number of hydrogen-bond acceptors (Lipinski definition) is 5. The molecule has 0 spiro atoms. The van der Waals surface area contributed by atoms with Crippen molar-refractivity contribution in [1.29, 1.82) is 0 Å². The highest BCUT2D eigenvalue weighted by Gasteiger charge is 2.17. The van der Waals surface area contributed by atoms with Crippen molar-refractivity contribution < 1.29 is 18.7 Å². The zero-order valence-electron chi connectivity index (χ0n) is 17.8. The molecule has 1 aromatic heterocycles. The quantitative estimate of drug-likeness (QED) is 0.453. The number of halogens is 1. The second-order valence-electron chi connectivity index (χ2n) is 6.85. The van der Waals surface area contributed by atoms with E-state index in [1.807, 2.05) is 13.8 Å². The number of hydrogen-bond donors (Lipinski definition) is 1. The van der Waals surface area contributed by atoms with Gasteiger partial charge in [0.1, 0.15) is 12.4 Å². The van der Waals surface area contributed by atoms with Crippen LogP contribution in [-0.4, -0.2) is 40.5 Å². The smallest absolute Gasteiger partial charge is 0.336 e. The monoisotopic (exact) mass is 426 g/mol. The molecule has 1 amide bonds. The number of carbonyl (C=O) groups is 1. The highest BCUT2D eigenvalue weighted by molar-refractivity contribution is 5.90. The molecular weight excluding hydrogens is 399 g/mol. The number of nitrogens with zero attached hydrogens (tertiary/aromatic N) is 3. The summed E-state index contributed by atoms with van der Waals surface area (Å²) in [4.78, 5) is 16.3. The number of rotatable bonds is 11. The summed E-state index contributed by atoms with van der Waals surface area (Å²) < 4.78 is 26.8. The molecule has 0 fully saturated rings. The van der Waals surface area contributed by atoms with Crippen molar-refractivity contribution >= 4 is 11.6 Å². The lowest BCUT2D eigenvalue weighted by Crippen LogP contribution is -2.11. The standard InChI is InChI=1S/C23H27FN4O3/c1-3-5-10-21(29)25-17-11-13-18(14-12-17)28-22(19-8-6-7-9-20(19)24)26-23(27-28)31-16-15-30-4-2/h6-9,11-14H,3-5,10,15-16H2,1-2H3,(H,25,29). The minimum Gasteiger partial charge on any atom is -0.460 e. The number of unbranched alkanes of at least 4 members (excludes halogenated alkanes) is 1. The zero-order chi connectivity index (χ0) is 22.1. The van der Waals surface area contributed by atoms with E-state index in [1.54, 1.807) is 42.5 Å². The van der Waals surface area contributed by atoms with E-state index < -0.39 is 5.82 Å². The number of carbonyl (C=O) groups excluding carboxylic acids is 1. The maximum Gasteiger partial charge on any atom is 0.336 e. The van der Waals surface area contributed by atoms with Gasteiger partial charge in [0.2, 0.25) is 5.91 Å². The molecule has 0 radical (unpaired) electrons. The lowest BCUT2D eigenvalue weighted by molar-refractivity contribution is -0.116. The van der Waals surface area contributed by atoms with Crippen molar-refractivity contribution in [3.8, 4) is 23.1 Å². The Morgan fingerprint density at radius 1 is 1.10 bits per heavy atom. The van der Waals surface area contributed by atoms with Crippen molar-refractivity contribution in [3.63, 3.8) is 0 Å². The third kappa shape index (κ3) is 6.11. The number of aromatic nitrogens is 3. The summed E-state index contributed by atoms with van der Waals surface area (Å²) >= 11 is 0. The van der Waals surface area contributed by atoms with Crippen LogP contribution in [0.5, 0.6) is 6.01 Å². The van der Waals surface area contributed by atoms with Gasteiger partial charge in [0.25, 0.3) is 0 Å². The summed E-state index contributed by atoms with van der Waals surface area (Å²) in [5.41, 5.74) is 1.66. The fourth-order valence-electron chi connectivity index (χ4n) is 2.93. The molecule has 1 N–H and O–H groups in total. The number of nitrogens with one attached hydrogen (secondary N) is 1. The van der Waals surface area contributed by atoms with Gasteiger partial charge in [0, 0.05) is 18.7 Å². The lowest BCUT2D eigenvalue weighted by atomic mass is 10.2. The number of ether oxygens (including phenoxy) is 2. The van der Waals surface area contributed by atoms with Crippen LogP contribution in [0.25, 0.3) is 17.1 Å². The van der Waals surface area contributed by atoms with Crippen molar-refractivity contribution in [2.24, 2.45) is 0 Å². The van der Waals surface area contributed by atoms with E-state index in [2.05, 4.69) is 15.4 Å². The molecule has 0 saturated carbocycles. The first-order valence-electron chi connectivity index (χ1n) is 10.4. The number of amides is 1. The van der Waals surface area contributed by atoms with E-state index in [4.69, 9.17) is 9.47 Å². The Morgan fingerprint density at radius 2 is 1.87 bits per heavy atom. The maximum absolute atomic E-state index is 14.5. The molecular formula is C23H27FN4O3. The van der Waals surface area contributed by atoms with Crippen molar-refractivity contribution in [2.75, 3.05) is 25.1 Å². The van der Waals surface area contributed by atoms with Crippen LogP contribution < -0.4 is 10.1 Å². The molecule has 0 aliphatic rings. The van der Waals surface area contributed by atoms with Gasteiger partial charge in [-0.1, -0.05) is 25.5 Å². The first kappa shape index (κ1) is 22.4. The molecule has 0 atom stereocenters. The zero-order valence-corrected chi connectivity index (χ0v) is 17.8. The summed E-state index contributed by atoms with van der Waals surface area (Å²) in [5, 5.41) is 7.27. The Balaban J connectivity index is 1.85. The average Bonchev–Trinajstić information content (AvgIpc) is 3.20. The molecule has 8 heteroatoms. The highest BCUT2D eigenvalue weighted by atomic mass is 19.1. The molecule has 0 bridgehead atoms. The topological polar surface area (TPSA) is 78.3 Å². The second kappa shape index (κ2) is 11.2. The van der Waals surface area contributed by atoms with Crippen LogP contribution in [0.15, 0.2) is 48.5 Å². The lowest BCUT2D eigenvalue weighted by Gasteiger charge is -2.09. The molecule has 1 heterocycles. The van der Waals surface area contributed by atoms with Gasteiger partial charge in [-0.25, -0.2) is 9.07 Å². The number of anilines is 1. The molecule has 3 aromatic rings. The predicted molar refractivity (Wildman–Crippen MR) is 117 cm³/mol. The third-order valence-corrected chi connectivity index (χ3v) is 4.52. The Hall–Kier alpha value is -3.26. The van der Waals surface area contributed by atoms with Crippen molar-refractivity contribution in [2.45, 2.75) is 33.1 Å². The summed E-state index contributed by atoms with van der Waals surface area (Å²) in [7, 11) is 0. The van der Waals surface area contributed by atoms with Gasteiger partial charge in [0.05, 0.1) is 17.9 Å². The van der Waals surface area contributed by atoms with Gasteiger partial charge >= 0.3 is 6.01 Å². The van der Waals surface area contributed by atoms with E-state index in [-0.39, 0.29) is 18.5 Å². The van der Waals surface area contributed by atoms with Crippen molar-refractivity contribution in [1.82, 2.24) is 14.8 Å². The Bertz CT molecular complexity index is 989. The summed E-state index contributed by atoms with van der Waals surface area (Å²) in [5.74, 6) is -0.103. The van der Waals surface area contributed by atoms with E-state index >= 15 is 0 Å². The fourth-order valence-corrected chi connectivity index (χ4v) is 2.93. The fraction of sp³-hybridized carbons (Fsp3) is 0.348. The van der Waals surface area contributed by atoms with E-state index in [1.165, 1.54) is 10.7 Å². The molecule has 0 aliphatic heterocycles. The molecule has 0 aliphatic carbocycles. The van der Waals surface area contributed by atoms with Crippen LogP contribution >= 0.6 is 0 Å². The molecule has 3 rings (SSSR count). The summed E-state index contributed by atoms with van der Waals surface area (Å²) in [6, 6.07) is 13.6. The molecule has 0 unspecified atom stereocenters. The van der Waals surface area contributed by atoms with Gasteiger partial charge < -0.3 is 14.8 Å². The molecule has 2 aromatic carbocycles. The average molecular weight is 426 g/mol. The molecule has 0 saturated heterocycles. The van der Waals surface area contributed by atoms with Crippen LogP contribution in [0.4, 0.5) is 10.1 Å². The van der Waals surface area contributed by atoms with E-state index in [9.17, 15) is 9.18 Å². The van der Waals surface area contributed by atoms with Gasteiger partial charge in [-0.05, 0) is 49.7 Å². The SMILES string of the molecule is CCCCC(=O)Nc1ccc(-n2nc(OCCOCC)nc2-c2ccccc2F)cc1. The predicted octanol–water partition coefficient (Wildman–Crippen LogP) is 4.62. The summed E-state index contributed by atoms with van der Waals surface area (Å²) in [6.45, 7) is 5.23. The molecule has 7 nitrogen and oxygen atoms in total. The molecule has 164 valence electrons. The minimum absolute atomic E-state index is 0.0209. The van der Waals surface area contributed by atoms with Gasteiger partial charge in [-0.2, -0.15) is 4.98 Å². The summed E-state index contributed by atoms with van der Waals surface area (Å²) in [6.07, 6.45) is 2.30. The van der Waals surface area contributed by atoms with E-state index in [0.717, 1.165) is 12.8 Å². The van der Waals surface area contributed by atoms with Crippen LogP contribution in [0.1, 0.15) is 33.1 Å². The Kier molecular flexibility index (Phi) is 8.12. The van der Waals surface area contributed by atoms with E-state index in [0.29, 0.717) is 42.4 Å². The van der Waals surface area contributed by atoms with Crippen LogP contribution in [0.3, 0.4) is 0 Å². The van der Waals surface area contributed by atoms with Crippen LogP contribution in [-0.2, 0) is 9.53 Å².